The molecule has 0 unspecified atom stereocenters. The highest BCUT2D eigenvalue weighted by Gasteiger charge is 2.20. The summed E-state index contributed by atoms with van der Waals surface area (Å²) in [5, 5.41) is 19.0. The molecule has 2 nitrogen and oxygen atoms in total. The second-order valence-corrected chi connectivity index (χ2v) is 9.61. The summed E-state index contributed by atoms with van der Waals surface area (Å²) in [6, 6.07) is 13.0. The highest BCUT2D eigenvalue weighted by Crippen LogP contribution is 2.34. The number of rotatable bonds is 7. The molecule has 0 heterocycles. The third kappa shape index (κ3) is 5.12. The Labute approximate surface area is 183 Å². The third-order valence-corrected chi connectivity index (χ3v) is 6.01. The van der Waals surface area contributed by atoms with Crippen molar-refractivity contribution in [2.75, 3.05) is 0 Å². The highest BCUT2D eigenvalue weighted by atomic mass is 14.3. The maximum atomic E-state index is 9.52. The normalized spacial score (nSPS) is 11.4. The van der Waals surface area contributed by atoms with Crippen molar-refractivity contribution in [1.82, 2.24) is 0 Å². The minimum atomic E-state index is 0.376. The summed E-state index contributed by atoms with van der Waals surface area (Å²) in [5.74, 6) is 1.50. The molecule has 2 rings (SSSR count). The zero-order valence-electron chi connectivity index (χ0n) is 19.9. The van der Waals surface area contributed by atoms with Crippen LogP contribution in [-0.2, 0) is 12.8 Å². The van der Waals surface area contributed by atoms with Crippen molar-refractivity contribution in [2.45, 2.75) is 91.9 Å². The minimum Gasteiger partial charge on any atom is -0.192 e. The Morgan fingerprint density at radius 3 is 0.933 bits per heavy atom. The molecule has 0 bridgehead atoms. The summed E-state index contributed by atoms with van der Waals surface area (Å²) in [5.41, 5.74) is 9.49. The molecule has 0 radical (unpaired) electrons. The summed E-state index contributed by atoms with van der Waals surface area (Å²) in [6.07, 6.45) is 1.91. The van der Waals surface area contributed by atoms with Crippen LogP contribution in [0.4, 0.5) is 0 Å². The van der Waals surface area contributed by atoms with Crippen LogP contribution in [0.25, 0.3) is 0 Å². The van der Waals surface area contributed by atoms with E-state index < -0.39 is 0 Å². The summed E-state index contributed by atoms with van der Waals surface area (Å²) >= 11 is 0. The monoisotopic (exact) mass is 400 g/mol. The molecule has 0 aliphatic carbocycles. The van der Waals surface area contributed by atoms with E-state index in [0.717, 1.165) is 24.0 Å². The van der Waals surface area contributed by atoms with Crippen molar-refractivity contribution in [2.24, 2.45) is 0 Å². The molecule has 0 N–H and O–H groups in total. The molecule has 2 heteroatoms. The van der Waals surface area contributed by atoms with Gasteiger partial charge in [-0.25, -0.2) is 0 Å². The lowest BCUT2D eigenvalue weighted by atomic mass is 9.81. The largest absolute Gasteiger partial charge is 0.192 e. The van der Waals surface area contributed by atoms with Crippen LogP contribution < -0.4 is 0 Å². The van der Waals surface area contributed by atoms with Gasteiger partial charge in [-0.1, -0.05) is 55.4 Å². The average Bonchev–Trinajstić information content (AvgIpc) is 2.70. The minimum absolute atomic E-state index is 0.376. The van der Waals surface area contributed by atoms with Crippen molar-refractivity contribution in [3.63, 3.8) is 0 Å². The lowest BCUT2D eigenvalue weighted by Crippen LogP contribution is -2.10. The summed E-state index contributed by atoms with van der Waals surface area (Å²) in [6.45, 7) is 17.7. The maximum Gasteiger partial charge on any atom is 0.0991 e. The quantitative estimate of drug-likeness (QED) is 0.478. The van der Waals surface area contributed by atoms with Gasteiger partial charge in [-0.05, 0) is 94.2 Å². The van der Waals surface area contributed by atoms with E-state index in [1.807, 2.05) is 0 Å². The summed E-state index contributed by atoms with van der Waals surface area (Å²) in [7, 11) is 0. The first-order valence-electron chi connectivity index (χ1n) is 11.2. The van der Waals surface area contributed by atoms with Gasteiger partial charge in [0.15, 0.2) is 0 Å². The fraction of sp³-hybridized carbons (Fsp3) is 0.500. The van der Waals surface area contributed by atoms with Crippen LogP contribution in [0.15, 0.2) is 24.3 Å². The Kier molecular flexibility index (Phi) is 7.86. The average molecular weight is 401 g/mol. The van der Waals surface area contributed by atoms with Crippen molar-refractivity contribution < 1.29 is 0 Å². The van der Waals surface area contributed by atoms with Gasteiger partial charge >= 0.3 is 0 Å². The van der Waals surface area contributed by atoms with E-state index in [9.17, 15) is 10.5 Å². The Bertz CT molecular complexity index is 839. The van der Waals surface area contributed by atoms with E-state index >= 15 is 0 Å². The smallest absolute Gasteiger partial charge is 0.0991 e. The topological polar surface area (TPSA) is 47.6 Å². The van der Waals surface area contributed by atoms with Gasteiger partial charge in [-0.2, -0.15) is 10.5 Å². The van der Waals surface area contributed by atoms with Gasteiger partial charge in [-0.15, -0.1) is 0 Å². The zero-order chi connectivity index (χ0) is 22.6. The second kappa shape index (κ2) is 9.95. The van der Waals surface area contributed by atoms with Gasteiger partial charge in [0, 0.05) is 0 Å². The molecule has 0 aromatic heterocycles. The van der Waals surface area contributed by atoms with Crippen LogP contribution in [0.2, 0.25) is 0 Å². The lowest BCUT2D eigenvalue weighted by molar-refractivity contribution is 0.757. The number of nitrogens with zero attached hydrogens (tertiary/aromatic N) is 2. The molecule has 0 aliphatic rings. The second-order valence-electron chi connectivity index (χ2n) is 9.61. The van der Waals surface area contributed by atoms with Crippen molar-refractivity contribution in [3.05, 3.63) is 68.8 Å². The zero-order valence-corrected chi connectivity index (χ0v) is 19.9. The fourth-order valence-electron chi connectivity index (χ4n) is 4.45. The van der Waals surface area contributed by atoms with Crippen LogP contribution in [0.3, 0.4) is 0 Å². The van der Waals surface area contributed by atoms with Crippen LogP contribution in [0.1, 0.15) is 124 Å². The van der Waals surface area contributed by atoms with Crippen LogP contribution in [0.5, 0.6) is 0 Å². The molecule has 30 heavy (non-hydrogen) atoms. The van der Waals surface area contributed by atoms with Crippen LogP contribution in [-0.4, -0.2) is 0 Å². The first-order valence-corrected chi connectivity index (χ1v) is 11.2. The van der Waals surface area contributed by atoms with Crippen molar-refractivity contribution in [3.8, 4) is 12.1 Å². The molecule has 0 saturated heterocycles. The molecule has 158 valence electrons. The van der Waals surface area contributed by atoms with E-state index in [1.54, 1.807) is 0 Å². The number of benzene rings is 2. The fourth-order valence-corrected chi connectivity index (χ4v) is 4.45. The highest BCUT2D eigenvalue weighted by molar-refractivity contribution is 5.49. The van der Waals surface area contributed by atoms with Gasteiger partial charge in [0.25, 0.3) is 0 Å². The Morgan fingerprint density at radius 2 is 0.767 bits per heavy atom. The van der Waals surface area contributed by atoms with E-state index in [1.165, 1.54) is 33.4 Å². The first kappa shape index (κ1) is 23.7. The van der Waals surface area contributed by atoms with Crippen molar-refractivity contribution >= 4 is 0 Å². The number of nitriles is 2. The molecular weight excluding hydrogens is 364 g/mol. The summed E-state index contributed by atoms with van der Waals surface area (Å²) in [4.78, 5) is 0. The Balaban J connectivity index is 2.62. The van der Waals surface area contributed by atoms with E-state index in [0.29, 0.717) is 23.7 Å². The molecule has 2 aromatic rings. The molecule has 0 saturated carbocycles. The van der Waals surface area contributed by atoms with Gasteiger partial charge in [0.1, 0.15) is 0 Å². The number of hydrogen-bond acceptors (Lipinski definition) is 2. The third-order valence-electron chi connectivity index (χ3n) is 6.01. The molecule has 0 amide bonds. The van der Waals surface area contributed by atoms with E-state index in [2.05, 4.69) is 91.8 Å². The summed E-state index contributed by atoms with van der Waals surface area (Å²) < 4.78 is 0. The molecule has 0 atom stereocenters. The maximum absolute atomic E-state index is 9.52. The predicted octanol–water partition coefficient (Wildman–Crippen LogP) is 7.71. The van der Waals surface area contributed by atoms with Crippen LogP contribution in [0, 0.1) is 22.7 Å². The van der Waals surface area contributed by atoms with Crippen molar-refractivity contribution in [1.29, 1.82) is 10.5 Å². The molecule has 0 fully saturated rings. The number of hydrogen-bond donors (Lipinski definition) is 0. The van der Waals surface area contributed by atoms with Gasteiger partial charge < -0.3 is 0 Å². The standard InChI is InChI=1S/C28H36N2/c1-17(2)25-11-21(15-29)12-26(18(3)4)23(25)9-10-24-27(19(5)6)13-22(16-30)14-28(24)20(7)8/h11-14,17-20H,9-10H2,1-8H3. The van der Waals surface area contributed by atoms with Gasteiger partial charge in [0.2, 0.25) is 0 Å². The predicted molar refractivity (Wildman–Crippen MR) is 126 cm³/mol. The molecule has 0 aliphatic heterocycles. The SMILES string of the molecule is CC(C)c1cc(C#N)cc(C(C)C)c1CCc1c(C(C)C)cc(C#N)cc1C(C)C. The lowest BCUT2D eigenvalue weighted by Gasteiger charge is -2.24. The van der Waals surface area contributed by atoms with E-state index in [4.69, 9.17) is 0 Å². The Hall–Kier alpha value is -2.58. The molecule has 2 aromatic carbocycles. The molecule has 0 spiro atoms. The van der Waals surface area contributed by atoms with Gasteiger partial charge in [-0.3, -0.25) is 0 Å². The first-order chi connectivity index (χ1) is 14.1. The molecular formula is C28H36N2. The van der Waals surface area contributed by atoms with E-state index in [-0.39, 0.29) is 0 Å². The van der Waals surface area contributed by atoms with Gasteiger partial charge in [0.05, 0.1) is 23.3 Å². The van der Waals surface area contributed by atoms with Crippen LogP contribution >= 0.6 is 0 Å². The Morgan fingerprint density at radius 1 is 0.533 bits per heavy atom.